The third-order valence-electron chi connectivity index (χ3n) is 11.1. The maximum absolute atomic E-state index is 14.2. The molecule has 18 nitrogen and oxygen atoms in total. The molecule has 0 unspecified atom stereocenters. The number of imidazole rings is 1. The fourth-order valence-electron chi connectivity index (χ4n) is 8.33. The first-order valence-corrected chi connectivity index (χ1v) is 21.2. The summed E-state index contributed by atoms with van der Waals surface area (Å²) in [5.74, 6) is -0.801. The highest BCUT2D eigenvalue weighted by atomic mass is 35.5. The molecule has 0 bridgehead atoms. The molecule has 0 aliphatic carbocycles. The van der Waals surface area contributed by atoms with E-state index in [0.717, 1.165) is 0 Å². The molecular weight excluding hydrogens is 1030 g/mol. The molecule has 2 saturated heterocycles. The van der Waals surface area contributed by atoms with Crippen LogP contribution in [0.25, 0.3) is 33.6 Å². The van der Waals surface area contributed by atoms with Crippen molar-refractivity contribution in [3.8, 4) is 23.5 Å². The number of rotatable bonds is 5. The predicted molar refractivity (Wildman–Crippen MR) is 278 cm³/mol. The number of halogens is 4. The molecule has 6 aromatic heterocycles. The minimum atomic E-state index is -0.750. The smallest absolute Gasteiger partial charge is 0.410 e. The highest BCUT2D eigenvalue weighted by Crippen LogP contribution is 2.40. The first-order valence-electron chi connectivity index (χ1n) is 20.4. The monoisotopic (exact) mass is 1070 g/mol. The number of nitrogens with one attached hydrogen (secondary N) is 1. The van der Waals surface area contributed by atoms with Crippen molar-refractivity contribution in [2.24, 2.45) is 11.8 Å². The predicted octanol–water partition coefficient (Wildman–Crippen LogP) is 7.59. The van der Waals surface area contributed by atoms with E-state index in [9.17, 15) is 33.7 Å². The lowest BCUT2D eigenvalue weighted by Crippen LogP contribution is -2.39. The lowest BCUT2D eigenvalue weighted by atomic mass is 10.1. The molecule has 1 N–H and O–H groups in total. The van der Waals surface area contributed by atoms with Crippen LogP contribution < -0.4 is 16.0 Å². The third-order valence-corrected chi connectivity index (χ3v) is 11.7. The minimum Gasteiger partial charge on any atom is -0.444 e. The fraction of sp³-hybridized carbons (Fsp3) is 0.273. The molecular formula is C44H44Cl2F2N14O4S4. The SMILES string of the molecule is CC(C)(C)OC(=O)N1C[C@@H](C#N)C[C@H]1c1nn2ccc(Cl)c2c(=O)n1-c1cccc(F)c1.N#C[C@H]1C[C@@H](c2nn3ccc(Cl)c3c(=O)n2-c2cccc(F)c2)N(c2ncnc3nc[nH]c23)C1.S.S.S.S. The summed E-state index contributed by atoms with van der Waals surface area (Å²) in [6.45, 7) is 5.71. The number of nitrogens with zero attached hydrogens (tertiary/aromatic N) is 13. The lowest BCUT2D eigenvalue weighted by molar-refractivity contribution is 0.0212. The summed E-state index contributed by atoms with van der Waals surface area (Å²) in [4.78, 5) is 59.2. The van der Waals surface area contributed by atoms with Gasteiger partial charge >= 0.3 is 6.09 Å². The molecule has 0 spiro atoms. The number of nitriles is 2. The van der Waals surface area contributed by atoms with E-state index in [1.54, 1.807) is 45.2 Å². The molecule has 0 saturated carbocycles. The number of fused-ring (bicyclic) bond motifs is 3. The zero-order valence-corrected chi connectivity index (χ0v) is 42.7. The van der Waals surface area contributed by atoms with Gasteiger partial charge in [-0.2, -0.15) is 74.7 Å². The van der Waals surface area contributed by atoms with Crippen LogP contribution in [-0.2, 0) is 4.74 Å². The zero-order valence-electron chi connectivity index (χ0n) is 37.2. The van der Waals surface area contributed by atoms with Crippen LogP contribution >= 0.6 is 77.2 Å². The van der Waals surface area contributed by atoms with E-state index in [1.807, 2.05) is 4.90 Å². The van der Waals surface area contributed by atoms with Crippen LogP contribution in [0.5, 0.6) is 0 Å². The number of carbonyl (C=O) groups excluding carboxylic acids is 1. The van der Waals surface area contributed by atoms with Gasteiger partial charge in [-0.15, -0.1) is 0 Å². The van der Waals surface area contributed by atoms with Crippen molar-refractivity contribution in [3.05, 3.63) is 140 Å². The second-order valence-electron chi connectivity index (χ2n) is 16.6. The van der Waals surface area contributed by atoms with Crippen LogP contribution in [0.1, 0.15) is 57.3 Å². The summed E-state index contributed by atoms with van der Waals surface area (Å²) in [6, 6.07) is 17.6. The molecule has 2 aromatic carbocycles. The van der Waals surface area contributed by atoms with Gasteiger partial charge in [-0.25, -0.2) is 37.6 Å². The summed E-state index contributed by atoms with van der Waals surface area (Å²) >= 11 is 12.5. The average molecular weight is 1070 g/mol. The van der Waals surface area contributed by atoms with Crippen LogP contribution in [0.4, 0.5) is 19.4 Å². The number of hydrogen-bond donors (Lipinski definition) is 1. The van der Waals surface area contributed by atoms with Crippen molar-refractivity contribution in [3.63, 3.8) is 0 Å². The Morgan fingerprint density at radius 2 is 1.27 bits per heavy atom. The van der Waals surface area contributed by atoms with Crippen molar-refractivity contribution in [1.29, 1.82) is 10.5 Å². The largest absolute Gasteiger partial charge is 0.444 e. The summed E-state index contributed by atoms with van der Waals surface area (Å²) in [6.07, 6.45) is 6.06. The summed E-state index contributed by atoms with van der Waals surface area (Å²) in [5.41, 5.74) is 0.222. The Hall–Kier alpha value is -6.28. The number of carbonyl (C=O) groups is 1. The Balaban J connectivity index is 0.000000247. The van der Waals surface area contributed by atoms with Gasteiger partial charge in [0.2, 0.25) is 0 Å². The molecule has 4 atom stereocenters. The third kappa shape index (κ3) is 10.3. The van der Waals surface area contributed by atoms with E-state index in [1.165, 1.54) is 84.4 Å². The number of ether oxygens (including phenoxy) is 1. The summed E-state index contributed by atoms with van der Waals surface area (Å²) in [7, 11) is 0. The highest BCUT2D eigenvalue weighted by molar-refractivity contribution is 7.59. The van der Waals surface area contributed by atoms with E-state index < -0.39 is 52.4 Å². The molecule has 26 heteroatoms. The normalized spacial score (nSPS) is 17.3. The number of H-pyrrole nitrogens is 1. The number of aromatic amines is 1. The van der Waals surface area contributed by atoms with E-state index >= 15 is 0 Å². The minimum absolute atomic E-state index is 0. The van der Waals surface area contributed by atoms with Gasteiger partial charge in [0.1, 0.15) is 40.1 Å². The summed E-state index contributed by atoms with van der Waals surface area (Å²) < 4.78 is 39.1. The van der Waals surface area contributed by atoms with Gasteiger partial charge in [0.05, 0.1) is 63.8 Å². The Morgan fingerprint density at radius 1 is 0.757 bits per heavy atom. The van der Waals surface area contributed by atoms with Crippen LogP contribution in [0.3, 0.4) is 0 Å². The molecule has 0 radical (unpaired) electrons. The molecule has 366 valence electrons. The van der Waals surface area contributed by atoms with Gasteiger partial charge in [0.25, 0.3) is 11.1 Å². The molecule has 2 aliphatic heterocycles. The zero-order chi connectivity index (χ0) is 46.6. The van der Waals surface area contributed by atoms with Crippen molar-refractivity contribution >= 4 is 111 Å². The Bertz CT molecular complexity index is 3440. The maximum Gasteiger partial charge on any atom is 0.410 e. The molecule has 8 aromatic rings. The van der Waals surface area contributed by atoms with Crippen LogP contribution in [0, 0.1) is 46.1 Å². The molecule has 2 aliphatic rings. The van der Waals surface area contributed by atoms with Crippen molar-refractivity contribution in [1.82, 2.24) is 53.2 Å². The quantitative estimate of drug-likeness (QED) is 0.177. The van der Waals surface area contributed by atoms with Crippen LogP contribution in [-0.4, -0.2) is 78.0 Å². The molecule has 2 fully saturated rings. The van der Waals surface area contributed by atoms with Gasteiger partial charge in [-0.1, -0.05) is 35.3 Å². The number of amides is 1. The van der Waals surface area contributed by atoms with Crippen LogP contribution in [0.2, 0.25) is 10.0 Å². The van der Waals surface area contributed by atoms with Gasteiger partial charge in [0, 0.05) is 25.5 Å². The molecule has 10 rings (SSSR count). The van der Waals surface area contributed by atoms with Gasteiger partial charge in [0.15, 0.2) is 23.1 Å². The van der Waals surface area contributed by atoms with Crippen molar-refractivity contribution < 1.29 is 18.3 Å². The number of hydrogen-bond acceptors (Lipinski definition) is 12. The van der Waals surface area contributed by atoms with E-state index in [0.29, 0.717) is 41.5 Å². The Morgan fingerprint density at radius 3 is 1.79 bits per heavy atom. The van der Waals surface area contributed by atoms with Gasteiger partial charge < -0.3 is 14.6 Å². The number of benzene rings is 2. The average Bonchev–Trinajstić information content (AvgIpc) is 4.14. The fourth-order valence-corrected chi connectivity index (χ4v) is 8.78. The molecule has 70 heavy (non-hydrogen) atoms. The maximum atomic E-state index is 14.2. The second kappa shape index (κ2) is 21.8. The van der Waals surface area contributed by atoms with Crippen molar-refractivity contribution in [2.75, 3.05) is 18.0 Å². The van der Waals surface area contributed by atoms with Crippen LogP contribution in [0.15, 0.2) is 95.3 Å². The van der Waals surface area contributed by atoms with Gasteiger partial charge in [-0.3, -0.25) is 23.6 Å². The number of likely N-dealkylation sites (tertiary alicyclic amines) is 1. The summed E-state index contributed by atoms with van der Waals surface area (Å²) in [5, 5.41) is 29.0. The van der Waals surface area contributed by atoms with E-state index in [2.05, 4.69) is 37.2 Å². The van der Waals surface area contributed by atoms with Crippen molar-refractivity contribution in [2.45, 2.75) is 51.3 Å². The highest BCUT2D eigenvalue weighted by Gasteiger charge is 2.42. The second-order valence-corrected chi connectivity index (χ2v) is 17.4. The van der Waals surface area contributed by atoms with Gasteiger partial charge in [-0.05, 0) is 82.1 Å². The molecule has 8 heterocycles. The lowest BCUT2D eigenvalue weighted by Gasteiger charge is -2.29. The first-order chi connectivity index (χ1) is 31.6. The topological polar surface area (TPSA) is 213 Å². The number of aromatic nitrogens is 10. The van der Waals surface area contributed by atoms with E-state index in [4.69, 9.17) is 33.0 Å². The Kier molecular flexibility index (Phi) is 17.0. The number of anilines is 1. The Labute approximate surface area is 435 Å². The first kappa shape index (κ1) is 54.7. The standard InChI is InChI=1S/C22H15ClFN9O.C22H21ClFN5O3.4H2S/c23-15-4-5-32-18(15)22(34)33(14-3-1-2-13(24)7-14)20(30-32)16-6-12(8-25)9-31(16)21-17-19(27-10-26-17)28-11-29-21;1-22(2,3)32-21(31)27-12-13(11-25)9-17(27)19-26-28-8-7-16(23)18(28)20(30)29(19)15-6-4-5-14(24)10-15;;;;/h1-5,7,10-12,16H,6,9H2,(H,26,27,28,29);4-8,10,13,17H,9,12H2,1-3H3;4*1H2/t12-,16+;13-,17+;;;;/m11..../s1. The molecule has 1 amide bonds. The van der Waals surface area contributed by atoms with E-state index in [-0.39, 0.29) is 105 Å².